The number of benzene rings is 2. The van der Waals surface area contributed by atoms with Crippen LogP contribution in [0, 0.1) is 0 Å². The van der Waals surface area contributed by atoms with Crippen LogP contribution < -0.4 is 29.1 Å². The summed E-state index contributed by atoms with van der Waals surface area (Å²) in [4.78, 5) is 32.3. The zero-order valence-corrected chi connectivity index (χ0v) is 24.7. The number of nitrogens with zero attached hydrogens (tertiary/aromatic N) is 2. The van der Waals surface area contributed by atoms with Crippen molar-refractivity contribution in [3.8, 4) is 23.0 Å². The quantitative estimate of drug-likeness (QED) is 0.270. The van der Waals surface area contributed by atoms with E-state index >= 15 is 0 Å². The Morgan fingerprint density at radius 2 is 1.83 bits per heavy atom. The number of ether oxygens (including phenoxy) is 4. The summed E-state index contributed by atoms with van der Waals surface area (Å²) < 4.78 is 24.2. The fraction of sp³-hybridized carbons (Fsp3) is 0.323. The molecule has 1 aliphatic heterocycles. The number of esters is 1. The third-order valence-electron chi connectivity index (χ3n) is 6.46. The predicted octanol–water partition coefficient (Wildman–Crippen LogP) is 4.04. The summed E-state index contributed by atoms with van der Waals surface area (Å²) in [5.74, 6) is 0.857. The highest BCUT2D eigenvalue weighted by Gasteiger charge is 2.34. The number of thiazole rings is 1. The van der Waals surface area contributed by atoms with Gasteiger partial charge in [0.2, 0.25) is 0 Å². The van der Waals surface area contributed by atoms with E-state index in [9.17, 15) is 14.7 Å². The standard InChI is InChI=1S/C31H34N2O7S/c1-7-11-21-14-19(15-24(28(21)34)39-9-3)16-25-29(35)33-27(20-12-13-22(37-6)23(17-20)38-8-2)26(30(36)40-10-4)18(5)32-31(33)41-25/h7,12-17,27,34H,1,8-11H2,2-6H3/b25-16+/t27-/m1/s1. The monoisotopic (exact) mass is 578 g/mol. The van der Waals surface area contributed by atoms with Gasteiger partial charge in [-0.15, -0.1) is 6.58 Å². The maximum absolute atomic E-state index is 14.0. The van der Waals surface area contributed by atoms with Crippen LogP contribution in [-0.2, 0) is 16.0 Å². The minimum atomic E-state index is -0.798. The predicted molar refractivity (Wildman–Crippen MR) is 158 cm³/mol. The van der Waals surface area contributed by atoms with Gasteiger partial charge in [-0.25, -0.2) is 9.79 Å². The number of allylic oxidation sites excluding steroid dienone is 2. The summed E-state index contributed by atoms with van der Waals surface area (Å²) in [5, 5.41) is 10.6. The highest BCUT2D eigenvalue weighted by atomic mass is 32.1. The highest BCUT2D eigenvalue weighted by Crippen LogP contribution is 2.36. The van der Waals surface area contributed by atoms with Crippen LogP contribution in [0.3, 0.4) is 0 Å². The molecule has 2 aromatic carbocycles. The van der Waals surface area contributed by atoms with E-state index in [1.807, 2.05) is 13.8 Å². The number of fused-ring (bicyclic) bond motifs is 1. The molecule has 0 saturated carbocycles. The number of hydrogen-bond acceptors (Lipinski definition) is 9. The van der Waals surface area contributed by atoms with Gasteiger partial charge in [0.1, 0.15) is 0 Å². The summed E-state index contributed by atoms with van der Waals surface area (Å²) in [5.41, 5.74) is 2.37. The first-order valence-corrected chi connectivity index (χ1v) is 14.2. The average molecular weight is 579 g/mol. The Hall–Kier alpha value is -4.31. The molecule has 0 fully saturated rings. The molecule has 10 heteroatoms. The fourth-order valence-corrected chi connectivity index (χ4v) is 5.79. The Balaban J connectivity index is 1.96. The van der Waals surface area contributed by atoms with E-state index in [4.69, 9.17) is 18.9 Å². The number of aromatic hydroxyl groups is 1. The van der Waals surface area contributed by atoms with Crippen molar-refractivity contribution in [3.05, 3.63) is 90.6 Å². The van der Waals surface area contributed by atoms with Crippen LogP contribution in [0.25, 0.3) is 6.08 Å². The molecule has 216 valence electrons. The molecule has 41 heavy (non-hydrogen) atoms. The van der Waals surface area contributed by atoms with Crippen LogP contribution >= 0.6 is 11.3 Å². The zero-order valence-electron chi connectivity index (χ0n) is 23.9. The lowest BCUT2D eigenvalue weighted by Gasteiger charge is -2.25. The van der Waals surface area contributed by atoms with Gasteiger partial charge in [-0.05, 0) is 75.6 Å². The Bertz CT molecular complexity index is 1680. The van der Waals surface area contributed by atoms with Gasteiger partial charge in [0.05, 0.1) is 48.8 Å². The van der Waals surface area contributed by atoms with Gasteiger partial charge < -0.3 is 24.1 Å². The third kappa shape index (κ3) is 5.92. The summed E-state index contributed by atoms with van der Waals surface area (Å²) in [7, 11) is 1.55. The Morgan fingerprint density at radius 1 is 1.10 bits per heavy atom. The second-order valence-electron chi connectivity index (χ2n) is 9.10. The largest absolute Gasteiger partial charge is 0.504 e. The molecule has 1 N–H and O–H groups in total. The van der Waals surface area contributed by atoms with Crippen LogP contribution in [0.2, 0.25) is 0 Å². The lowest BCUT2D eigenvalue weighted by molar-refractivity contribution is -0.139. The topological polar surface area (TPSA) is 109 Å². The van der Waals surface area contributed by atoms with E-state index in [2.05, 4.69) is 11.6 Å². The Morgan fingerprint density at radius 3 is 2.49 bits per heavy atom. The van der Waals surface area contributed by atoms with E-state index in [-0.39, 0.29) is 23.5 Å². The SMILES string of the molecule is C=CCc1cc(/C=c2/sc3n(c2=O)[C@H](c2ccc(OC)c(OCC)c2)C(C(=O)OCC)=C(C)N=3)cc(OCC)c1O. The van der Waals surface area contributed by atoms with Crippen molar-refractivity contribution in [3.63, 3.8) is 0 Å². The molecule has 0 amide bonds. The average Bonchev–Trinajstić information content (AvgIpc) is 3.24. The number of phenols is 1. The molecule has 1 atom stereocenters. The van der Waals surface area contributed by atoms with Gasteiger partial charge in [0.15, 0.2) is 27.8 Å². The summed E-state index contributed by atoms with van der Waals surface area (Å²) in [6, 6.07) is 8.01. The molecule has 4 rings (SSSR count). The Kier molecular flexibility index (Phi) is 9.34. The first-order valence-electron chi connectivity index (χ1n) is 13.4. The van der Waals surface area contributed by atoms with E-state index in [1.54, 1.807) is 63.4 Å². The van der Waals surface area contributed by atoms with Gasteiger partial charge in [-0.1, -0.05) is 23.5 Å². The van der Waals surface area contributed by atoms with Crippen LogP contribution in [0.15, 0.2) is 64.0 Å². The molecule has 3 aromatic rings. The van der Waals surface area contributed by atoms with E-state index in [0.29, 0.717) is 68.6 Å². The number of methoxy groups -OCH3 is 1. The van der Waals surface area contributed by atoms with Crippen LogP contribution in [0.1, 0.15) is 50.4 Å². The third-order valence-corrected chi connectivity index (χ3v) is 7.44. The van der Waals surface area contributed by atoms with Crippen LogP contribution in [0.5, 0.6) is 23.0 Å². The molecule has 0 radical (unpaired) electrons. The summed E-state index contributed by atoms with van der Waals surface area (Å²) >= 11 is 1.21. The molecule has 0 bridgehead atoms. The normalized spacial score (nSPS) is 14.8. The minimum absolute atomic E-state index is 0.0460. The molecule has 1 aliphatic rings. The molecule has 0 saturated heterocycles. The number of rotatable bonds is 11. The zero-order chi connectivity index (χ0) is 29.7. The van der Waals surface area contributed by atoms with Crippen molar-refractivity contribution in [1.82, 2.24) is 4.57 Å². The number of hydrogen-bond donors (Lipinski definition) is 1. The molecule has 1 aromatic heterocycles. The first kappa shape index (κ1) is 29.7. The van der Waals surface area contributed by atoms with Gasteiger partial charge in [0, 0.05) is 5.56 Å². The van der Waals surface area contributed by atoms with E-state index in [1.165, 1.54) is 15.9 Å². The van der Waals surface area contributed by atoms with Crippen molar-refractivity contribution in [2.24, 2.45) is 4.99 Å². The number of aromatic nitrogens is 1. The van der Waals surface area contributed by atoms with Gasteiger partial charge >= 0.3 is 5.97 Å². The van der Waals surface area contributed by atoms with Crippen molar-refractivity contribution in [2.45, 2.75) is 40.2 Å². The molecule has 2 heterocycles. The molecule has 0 aliphatic carbocycles. The van der Waals surface area contributed by atoms with E-state index < -0.39 is 12.0 Å². The van der Waals surface area contributed by atoms with Crippen molar-refractivity contribution < 1.29 is 28.8 Å². The number of carbonyl (C=O) groups is 1. The van der Waals surface area contributed by atoms with Gasteiger partial charge in [-0.3, -0.25) is 9.36 Å². The molecule has 0 unspecified atom stereocenters. The number of carbonyl (C=O) groups excluding carboxylic acids is 1. The number of phenolic OH excluding ortho intramolecular Hbond substituents is 1. The highest BCUT2D eigenvalue weighted by molar-refractivity contribution is 7.07. The first-order chi connectivity index (χ1) is 19.8. The van der Waals surface area contributed by atoms with Crippen molar-refractivity contribution in [1.29, 1.82) is 0 Å². The van der Waals surface area contributed by atoms with Crippen LogP contribution in [-0.4, -0.2) is 42.6 Å². The fourth-order valence-electron chi connectivity index (χ4n) is 4.74. The van der Waals surface area contributed by atoms with Crippen LogP contribution in [0.4, 0.5) is 0 Å². The van der Waals surface area contributed by atoms with Gasteiger partial charge in [-0.2, -0.15) is 0 Å². The Labute approximate surface area is 242 Å². The van der Waals surface area contributed by atoms with Gasteiger partial charge in [0.25, 0.3) is 5.56 Å². The smallest absolute Gasteiger partial charge is 0.338 e. The van der Waals surface area contributed by atoms with E-state index in [0.717, 1.165) is 0 Å². The summed E-state index contributed by atoms with van der Waals surface area (Å²) in [6.45, 7) is 11.9. The maximum atomic E-state index is 14.0. The molecular formula is C31H34N2O7S. The second kappa shape index (κ2) is 12.9. The molecular weight excluding hydrogens is 544 g/mol. The maximum Gasteiger partial charge on any atom is 0.338 e. The molecule has 9 nitrogen and oxygen atoms in total. The second-order valence-corrected chi connectivity index (χ2v) is 10.1. The minimum Gasteiger partial charge on any atom is -0.504 e. The van der Waals surface area contributed by atoms with Crippen molar-refractivity contribution >= 4 is 23.4 Å². The summed E-state index contributed by atoms with van der Waals surface area (Å²) in [6.07, 6.45) is 3.85. The van der Waals surface area contributed by atoms with Crippen molar-refractivity contribution in [2.75, 3.05) is 26.9 Å². The lowest BCUT2D eigenvalue weighted by Crippen LogP contribution is -2.40. The lowest BCUT2D eigenvalue weighted by atomic mass is 9.95. The molecule has 0 spiro atoms.